The van der Waals surface area contributed by atoms with Crippen LogP contribution in [0.5, 0.6) is 0 Å². The van der Waals surface area contributed by atoms with Gasteiger partial charge in [0.05, 0.1) is 6.10 Å². The lowest BCUT2D eigenvalue weighted by Gasteiger charge is -2.38. The molecule has 5 heteroatoms. The molecule has 1 saturated heterocycles. The van der Waals surface area contributed by atoms with Crippen LogP contribution in [0.15, 0.2) is 12.4 Å². The van der Waals surface area contributed by atoms with Gasteiger partial charge in [-0.25, -0.2) is 4.98 Å². The van der Waals surface area contributed by atoms with Gasteiger partial charge in [-0.15, -0.1) is 0 Å². The van der Waals surface area contributed by atoms with E-state index in [-0.39, 0.29) is 0 Å². The number of nitrogens with two attached hydrogens (primary N) is 1. The van der Waals surface area contributed by atoms with Crippen LogP contribution in [0.1, 0.15) is 18.7 Å². The lowest BCUT2D eigenvalue weighted by Crippen LogP contribution is -2.49. The number of rotatable bonds is 5. The number of ether oxygens (including phenoxy) is 1. The molecule has 0 aliphatic carbocycles. The Hall–Kier alpha value is -0.910. The van der Waals surface area contributed by atoms with E-state index >= 15 is 0 Å². The molecule has 1 aliphatic rings. The van der Waals surface area contributed by atoms with Crippen LogP contribution in [0, 0.1) is 6.92 Å². The van der Waals surface area contributed by atoms with Gasteiger partial charge in [-0.2, -0.15) is 0 Å². The molecule has 102 valence electrons. The van der Waals surface area contributed by atoms with Crippen LogP contribution in [0.2, 0.25) is 0 Å². The molecule has 1 aromatic rings. The lowest BCUT2D eigenvalue weighted by atomic mass is 9.99. The predicted octanol–water partition coefficient (Wildman–Crippen LogP) is 0.630. The summed E-state index contributed by atoms with van der Waals surface area (Å²) in [4.78, 5) is 6.73. The van der Waals surface area contributed by atoms with Gasteiger partial charge >= 0.3 is 0 Å². The highest BCUT2D eigenvalue weighted by Gasteiger charge is 2.27. The van der Waals surface area contributed by atoms with Gasteiger partial charge < -0.3 is 15.0 Å². The van der Waals surface area contributed by atoms with Crippen molar-refractivity contribution in [2.45, 2.75) is 38.5 Å². The van der Waals surface area contributed by atoms with Crippen molar-refractivity contribution in [2.75, 3.05) is 26.7 Å². The highest BCUT2D eigenvalue weighted by Crippen LogP contribution is 2.19. The number of nitrogens with zero attached hydrogens (tertiary/aromatic N) is 3. The van der Waals surface area contributed by atoms with Crippen molar-refractivity contribution in [3.8, 4) is 0 Å². The van der Waals surface area contributed by atoms with E-state index in [4.69, 9.17) is 10.5 Å². The van der Waals surface area contributed by atoms with Crippen molar-refractivity contribution in [1.82, 2.24) is 14.5 Å². The Balaban J connectivity index is 1.87. The Morgan fingerprint density at radius 2 is 2.33 bits per heavy atom. The minimum absolute atomic E-state index is 0.379. The van der Waals surface area contributed by atoms with Gasteiger partial charge in [0.1, 0.15) is 5.82 Å². The van der Waals surface area contributed by atoms with Crippen LogP contribution in [0.3, 0.4) is 0 Å². The van der Waals surface area contributed by atoms with Crippen LogP contribution >= 0.6 is 0 Å². The molecule has 2 unspecified atom stereocenters. The molecule has 1 fully saturated rings. The summed E-state index contributed by atoms with van der Waals surface area (Å²) in [6.07, 6.45) is 6.43. The summed E-state index contributed by atoms with van der Waals surface area (Å²) in [7, 11) is 1.79. The summed E-state index contributed by atoms with van der Waals surface area (Å²) in [6, 6.07) is 0.451. The number of hydrogen-bond acceptors (Lipinski definition) is 4. The fraction of sp³-hybridized carbons (Fsp3) is 0.769. The summed E-state index contributed by atoms with van der Waals surface area (Å²) < 4.78 is 7.63. The monoisotopic (exact) mass is 252 g/mol. The van der Waals surface area contributed by atoms with Gasteiger partial charge in [0.2, 0.25) is 0 Å². The molecule has 0 bridgehead atoms. The number of aromatic nitrogens is 2. The number of piperidine rings is 1. The zero-order valence-electron chi connectivity index (χ0n) is 11.4. The normalized spacial score (nSPS) is 25.5. The lowest BCUT2D eigenvalue weighted by molar-refractivity contribution is 0.0122. The summed E-state index contributed by atoms with van der Waals surface area (Å²) in [6.45, 7) is 5.85. The molecule has 2 heterocycles. The minimum atomic E-state index is 0.379. The summed E-state index contributed by atoms with van der Waals surface area (Å²) in [5.41, 5.74) is 5.87. The maximum Gasteiger partial charge on any atom is 0.105 e. The van der Waals surface area contributed by atoms with E-state index in [1.807, 2.05) is 19.3 Å². The van der Waals surface area contributed by atoms with Crippen molar-refractivity contribution in [1.29, 1.82) is 0 Å². The quantitative estimate of drug-likeness (QED) is 0.835. The first-order chi connectivity index (χ1) is 8.74. The average molecular weight is 252 g/mol. The third-order valence-electron chi connectivity index (χ3n) is 3.95. The Kier molecular flexibility index (Phi) is 4.74. The van der Waals surface area contributed by atoms with Crippen LogP contribution in [-0.4, -0.2) is 53.3 Å². The van der Waals surface area contributed by atoms with Crippen LogP contribution in [-0.2, 0) is 11.3 Å². The molecule has 1 aliphatic heterocycles. The van der Waals surface area contributed by atoms with E-state index in [0.717, 1.165) is 38.3 Å². The maximum absolute atomic E-state index is 5.87. The Morgan fingerprint density at radius 3 is 2.94 bits per heavy atom. The SMILES string of the molecule is COC1CCN(CCn2ccnc2C)C(CN)C1. The van der Waals surface area contributed by atoms with Crippen LogP contribution in [0.25, 0.3) is 0 Å². The van der Waals surface area contributed by atoms with Crippen molar-refractivity contribution >= 4 is 0 Å². The first-order valence-electron chi connectivity index (χ1n) is 6.69. The van der Waals surface area contributed by atoms with E-state index < -0.39 is 0 Å². The average Bonchev–Trinajstić information content (AvgIpc) is 2.81. The number of imidazole rings is 1. The standard InChI is InChI=1S/C13H24N4O/c1-11-15-4-6-16(11)7-8-17-5-3-13(18-2)9-12(17)10-14/h4,6,12-13H,3,5,7-10,14H2,1-2H3. The topological polar surface area (TPSA) is 56.3 Å². The first kappa shape index (κ1) is 13.5. The molecule has 2 rings (SSSR count). The summed E-state index contributed by atoms with van der Waals surface area (Å²) in [5, 5.41) is 0. The Bertz CT molecular complexity index is 366. The van der Waals surface area contributed by atoms with Crippen LogP contribution < -0.4 is 5.73 Å². The van der Waals surface area contributed by atoms with Crippen molar-refractivity contribution in [2.24, 2.45) is 5.73 Å². The van der Waals surface area contributed by atoms with Gasteiger partial charge in [-0.1, -0.05) is 0 Å². The van der Waals surface area contributed by atoms with Gasteiger partial charge in [0.25, 0.3) is 0 Å². The van der Waals surface area contributed by atoms with Crippen molar-refractivity contribution in [3.05, 3.63) is 18.2 Å². The third-order valence-corrected chi connectivity index (χ3v) is 3.95. The Morgan fingerprint density at radius 1 is 1.50 bits per heavy atom. The molecule has 0 amide bonds. The molecule has 18 heavy (non-hydrogen) atoms. The molecule has 0 spiro atoms. The molecule has 0 radical (unpaired) electrons. The number of methoxy groups -OCH3 is 1. The fourth-order valence-electron chi connectivity index (χ4n) is 2.69. The van der Waals surface area contributed by atoms with E-state index in [9.17, 15) is 0 Å². The van der Waals surface area contributed by atoms with Crippen molar-refractivity contribution < 1.29 is 4.74 Å². The number of hydrogen-bond donors (Lipinski definition) is 1. The van der Waals surface area contributed by atoms with Crippen molar-refractivity contribution in [3.63, 3.8) is 0 Å². The molecule has 1 aromatic heterocycles. The fourth-order valence-corrected chi connectivity index (χ4v) is 2.69. The van der Waals surface area contributed by atoms with E-state index in [0.29, 0.717) is 18.7 Å². The summed E-state index contributed by atoms with van der Waals surface area (Å²) >= 11 is 0. The zero-order valence-corrected chi connectivity index (χ0v) is 11.4. The van der Waals surface area contributed by atoms with Crippen LogP contribution in [0.4, 0.5) is 0 Å². The summed E-state index contributed by atoms with van der Waals surface area (Å²) in [5.74, 6) is 1.08. The first-order valence-corrected chi connectivity index (χ1v) is 6.69. The Labute approximate surface area is 109 Å². The number of aryl methyl sites for hydroxylation is 1. The maximum atomic E-state index is 5.87. The van der Waals surface area contributed by atoms with E-state index in [1.165, 1.54) is 0 Å². The predicted molar refractivity (Wildman–Crippen MR) is 71.4 cm³/mol. The highest BCUT2D eigenvalue weighted by molar-refractivity contribution is 4.89. The second-order valence-corrected chi connectivity index (χ2v) is 4.98. The molecular formula is C13H24N4O. The molecule has 0 saturated carbocycles. The molecular weight excluding hydrogens is 228 g/mol. The van der Waals surface area contributed by atoms with E-state index in [2.05, 4.69) is 14.5 Å². The molecule has 2 atom stereocenters. The van der Waals surface area contributed by atoms with Gasteiger partial charge in [-0.05, 0) is 19.8 Å². The van der Waals surface area contributed by atoms with Gasteiger partial charge in [-0.3, -0.25) is 4.90 Å². The number of likely N-dealkylation sites (tertiary alicyclic amines) is 1. The molecule has 0 aromatic carbocycles. The largest absolute Gasteiger partial charge is 0.381 e. The second-order valence-electron chi connectivity index (χ2n) is 4.98. The molecule has 2 N–H and O–H groups in total. The zero-order chi connectivity index (χ0) is 13.0. The smallest absolute Gasteiger partial charge is 0.105 e. The highest BCUT2D eigenvalue weighted by atomic mass is 16.5. The van der Waals surface area contributed by atoms with Gasteiger partial charge in [0, 0.05) is 51.7 Å². The third kappa shape index (κ3) is 3.10. The molecule has 5 nitrogen and oxygen atoms in total. The minimum Gasteiger partial charge on any atom is -0.381 e. The second kappa shape index (κ2) is 6.31. The van der Waals surface area contributed by atoms with Gasteiger partial charge in [0.15, 0.2) is 0 Å². The van der Waals surface area contributed by atoms with E-state index in [1.54, 1.807) is 7.11 Å².